The molecule has 0 fully saturated rings. The molecule has 0 saturated heterocycles. The van der Waals surface area contributed by atoms with E-state index in [0.717, 1.165) is 11.3 Å². The summed E-state index contributed by atoms with van der Waals surface area (Å²) in [6.45, 7) is 0. The number of nitrogens with one attached hydrogen (secondary N) is 1. The molecule has 0 bridgehead atoms. The molecule has 0 aliphatic carbocycles. The second kappa shape index (κ2) is 6.31. The van der Waals surface area contributed by atoms with E-state index in [2.05, 4.69) is 4.72 Å². The number of methoxy groups -OCH3 is 2. The van der Waals surface area contributed by atoms with Crippen LogP contribution in [0.15, 0.2) is 29.2 Å². The molecule has 0 aliphatic rings. The Morgan fingerprint density at radius 3 is 2.38 bits per heavy atom. The molecular formula is C12H11Cl2NO4S2. The zero-order valence-corrected chi connectivity index (χ0v) is 14.2. The third-order valence-electron chi connectivity index (χ3n) is 2.57. The van der Waals surface area contributed by atoms with Gasteiger partial charge in [0.25, 0.3) is 10.0 Å². The lowest BCUT2D eigenvalue weighted by atomic mass is 10.3. The number of thiophene rings is 1. The molecule has 9 heteroatoms. The van der Waals surface area contributed by atoms with E-state index in [1.807, 2.05) is 0 Å². The smallest absolute Gasteiger partial charge is 0.264 e. The van der Waals surface area contributed by atoms with Gasteiger partial charge in [-0.15, -0.1) is 11.3 Å². The molecule has 0 aliphatic heterocycles. The molecule has 2 rings (SSSR count). The molecule has 1 aromatic heterocycles. The highest BCUT2D eigenvalue weighted by Crippen LogP contribution is 2.36. The highest BCUT2D eigenvalue weighted by Gasteiger charge is 2.22. The molecule has 1 heterocycles. The summed E-state index contributed by atoms with van der Waals surface area (Å²) in [4.78, 5) is -0.0722. The van der Waals surface area contributed by atoms with Crippen molar-refractivity contribution in [3.05, 3.63) is 32.9 Å². The van der Waals surface area contributed by atoms with Crippen LogP contribution in [-0.4, -0.2) is 22.6 Å². The van der Waals surface area contributed by atoms with Crippen LogP contribution in [0, 0.1) is 0 Å². The van der Waals surface area contributed by atoms with Gasteiger partial charge < -0.3 is 9.47 Å². The SMILES string of the molecule is COc1ccc(NS(=O)(=O)c2cc(Cl)sc2Cl)c(OC)c1. The highest BCUT2D eigenvalue weighted by molar-refractivity contribution is 7.93. The minimum atomic E-state index is -3.85. The number of rotatable bonds is 5. The maximum absolute atomic E-state index is 12.3. The van der Waals surface area contributed by atoms with E-state index in [9.17, 15) is 8.42 Å². The average molecular weight is 368 g/mol. The van der Waals surface area contributed by atoms with Gasteiger partial charge in [-0.25, -0.2) is 8.42 Å². The van der Waals surface area contributed by atoms with E-state index < -0.39 is 10.0 Å². The second-order valence-electron chi connectivity index (χ2n) is 3.86. The fraction of sp³-hybridized carbons (Fsp3) is 0.167. The lowest BCUT2D eigenvalue weighted by Crippen LogP contribution is -2.13. The minimum absolute atomic E-state index is 0.0722. The van der Waals surface area contributed by atoms with E-state index in [0.29, 0.717) is 15.8 Å². The number of hydrogen-bond donors (Lipinski definition) is 1. The molecule has 21 heavy (non-hydrogen) atoms. The minimum Gasteiger partial charge on any atom is -0.497 e. The Labute approximate surface area is 136 Å². The number of anilines is 1. The van der Waals surface area contributed by atoms with Crippen LogP contribution in [0.25, 0.3) is 0 Å². The third-order valence-corrected chi connectivity index (χ3v) is 5.69. The highest BCUT2D eigenvalue weighted by atomic mass is 35.5. The first kappa shape index (κ1) is 16.2. The van der Waals surface area contributed by atoms with E-state index in [1.165, 1.54) is 26.4 Å². The molecule has 1 N–H and O–H groups in total. The van der Waals surface area contributed by atoms with Gasteiger partial charge >= 0.3 is 0 Å². The van der Waals surface area contributed by atoms with Crippen molar-refractivity contribution < 1.29 is 17.9 Å². The van der Waals surface area contributed by atoms with Crippen LogP contribution in [0.2, 0.25) is 8.67 Å². The summed E-state index contributed by atoms with van der Waals surface area (Å²) >= 11 is 12.6. The summed E-state index contributed by atoms with van der Waals surface area (Å²) in [6.07, 6.45) is 0. The van der Waals surface area contributed by atoms with Crippen LogP contribution < -0.4 is 14.2 Å². The van der Waals surface area contributed by atoms with Gasteiger partial charge in [0.2, 0.25) is 0 Å². The molecule has 114 valence electrons. The van der Waals surface area contributed by atoms with Gasteiger partial charge in [0.1, 0.15) is 20.7 Å². The Morgan fingerprint density at radius 1 is 1.14 bits per heavy atom. The van der Waals surface area contributed by atoms with Crippen LogP contribution in [-0.2, 0) is 10.0 Å². The molecule has 0 spiro atoms. The van der Waals surface area contributed by atoms with E-state index in [4.69, 9.17) is 32.7 Å². The van der Waals surface area contributed by atoms with Crippen molar-refractivity contribution in [2.75, 3.05) is 18.9 Å². The van der Waals surface area contributed by atoms with Gasteiger partial charge in [0.05, 0.1) is 24.2 Å². The van der Waals surface area contributed by atoms with Gasteiger partial charge in [-0.1, -0.05) is 23.2 Å². The van der Waals surface area contributed by atoms with Crippen LogP contribution >= 0.6 is 34.5 Å². The first-order valence-corrected chi connectivity index (χ1v) is 8.62. The zero-order chi connectivity index (χ0) is 15.6. The Bertz CT molecular complexity index is 759. The van der Waals surface area contributed by atoms with Crippen molar-refractivity contribution >= 4 is 50.2 Å². The maximum atomic E-state index is 12.3. The standard InChI is InChI=1S/C12H11Cl2NO4S2/c1-18-7-3-4-8(9(5-7)19-2)15-21(16,17)10-6-11(13)20-12(10)14/h3-6,15H,1-2H3. The van der Waals surface area contributed by atoms with E-state index >= 15 is 0 Å². The fourth-order valence-corrected chi connectivity index (χ4v) is 4.81. The number of sulfonamides is 1. The normalized spacial score (nSPS) is 11.2. The molecule has 0 atom stereocenters. The predicted molar refractivity (Wildman–Crippen MR) is 84.7 cm³/mol. The van der Waals surface area contributed by atoms with Gasteiger partial charge in [-0.3, -0.25) is 4.72 Å². The average Bonchev–Trinajstić information content (AvgIpc) is 2.78. The summed E-state index contributed by atoms with van der Waals surface area (Å²) < 4.78 is 37.7. The van der Waals surface area contributed by atoms with Crippen molar-refractivity contribution in [3.8, 4) is 11.5 Å². The third kappa shape index (κ3) is 3.55. The maximum Gasteiger partial charge on any atom is 0.264 e. The Balaban J connectivity index is 2.39. The molecular weight excluding hydrogens is 357 g/mol. The van der Waals surface area contributed by atoms with Crippen LogP contribution in [0.3, 0.4) is 0 Å². The van der Waals surface area contributed by atoms with Crippen molar-refractivity contribution in [3.63, 3.8) is 0 Å². The fourth-order valence-electron chi connectivity index (χ4n) is 1.59. The van der Waals surface area contributed by atoms with Crippen molar-refractivity contribution in [2.24, 2.45) is 0 Å². The van der Waals surface area contributed by atoms with E-state index in [-0.39, 0.29) is 14.9 Å². The van der Waals surface area contributed by atoms with Gasteiger partial charge in [-0.05, 0) is 18.2 Å². The van der Waals surface area contributed by atoms with Crippen molar-refractivity contribution in [1.29, 1.82) is 0 Å². The first-order valence-electron chi connectivity index (χ1n) is 5.57. The summed E-state index contributed by atoms with van der Waals surface area (Å²) in [5.74, 6) is 0.877. The van der Waals surface area contributed by atoms with Crippen LogP contribution in [0.1, 0.15) is 0 Å². The largest absolute Gasteiger partial charge is 0.497 e. The van der Waals surface area contributed by atoms with E-state index in [1.54, 1.807) is 12.1 Å². The molecule has 0 amide bonds. The Morgan fingerprint density at radius 2 is 1.86 bits per heavy atom. The summed E-state index contributed by atoms with van der Waals surface area (Å²) in [5, 5.41) is 0. The molecule has 1 aromatic carbocycles. The lowest BCUT2D eigenvalue weighted by Gasteiger charge is -2.12. The summed E-state index contributed by atoms with van der Waals surface area (Å²) in [7, 11) is -0.915. The van der Waals surface area contributed by atoms with Crippen molar-refractivity contribution in [2.45, 2.75) is 4.90 Å². The number of halogens is 2. The second-order valence-corrected chi connectivity index (χ2v) is 7.80. The topological polar surface area (TPSA) is 64.6 Å². The van der Waals surface area contributed by atoms with Crippen LogP contribution in [0.5, 0.6) is 11.5 Å². The predicted octanol–water partition coefficient (Wildman–Crippen LogP) is 3.87. The van der Waals surface area contributed by atoms with Crippen molar-refractivity contribution in [1.82, 2.24) is 0 Å². The molecule has 2 aromatic rings. The van der Waals surface area contributed by atoms with Gasteiger partial charge in [-0.2, -0.15) is 0 Å². The van der Waals surface area contributed by atoms with Crippen LogP contribution in [0.4, 0.5) is 5.69 Å². The molecule has 0 radical (unpaired) electrons. The monoisotopic (exact) mass is 367 g/mol. The molecule has 5 nitrogen and oxygen atoms in total. The van der Waals surface area contributed by atoms with Gasteiger partial charge in [0, 0.05) is 6.07 Å². The summed E-state index contributed by atoms with van der Waals surface area (Å²) in [5.41, 5.74) is 0.275. The van der Waals surface area contributed by atoms with Gasteiger partial charge in [0.15, 0.2) is 0 Å². The zero-order valence-electron chi connectivity index (χ0n) is 11.0. The number of benzene rings is 1. The molecule has 0 saturated carbocycles. The molecule has 0 unspecified atom stereocenters. The number of hydrogen-bond acceptors (Lipinski definition) is 5. The number of ether oxygens (including phenoxy) is 2. The Hall–Kier alpha value is -1.15. The Kier molecular flexibility index (Phi) is 4.88. The quantitative estimate of drug-likeness (QED) is 0.870. The lowest BCUT2D eigenvalue weighted by molar-refractivity contribution is 0.395. The first-order chi connectivity index (χ1) is 9.87. The summed E-state index contributed by atoms with van der Waals surface area (Å²) in [6, 6.07) is 6.02.